The number of esters is 1. The molecule has 3 heteroatoms. The van der Waals surface area contributed by atoms with Crippen molar-refractivity contribution in [2.24, 2.45) is 5.92 Å². The maximum absolute atomic E-state index is 11.9. The number of halogens is 1. The minimum absolute atomic E-state index is 0. The minimum Gasteiger partial charge on any atom is -0.461 e. The highest BCUT2D eigenvalue weighted by atomic mass is 35.5. The van der Waals surface area contributed by atoms with Crippen LogP contribution in [0.5, 0.6) is 0 Å². The van der Waals surface area contributed by atoms with Gasteiger partial charge in [-0.05, 0) is 18.4 Å². The van der Waals surface area contributed by atoms with Crippen molar-refractivity contribution in [3.63, 3.8) is 0 Å². The average Bonchev–Trinajstić information content (AvgIpc) is 2.42. The Balaban J connectivity index is 0.00000324. The highest BCUT2D eigenvalue weighted by Crippen LogP contribution is 2.16. The Kier molecular flexibility index (Phi) is 10.3. The summed E-state index contributed by atoms with van der Waals surface area (Å²) in [6.45, 7) is 4.62. The van der Waals surface area contributed by atoms with Gasteiger partial charge in [-0.3, -0.25) is 4.79 Å². The summed E-state index contributed by atoms with van der Waals surface area (Å²) in [5, 5.41) is 0. The predicted molar refractivity (Wildman–Crippen MR) is 81.4 cm³/mol. The van der Waals surface area contributed by atoms with E-state index in [9.17, 15) is 4.79 Å². The van der Waals surface area contributed by atoms with Crippen molar-refractivity contribution >= 4 is 18.4 Å². The molecule has 0 aromatic heterocycles. The smallest absolute Gasteiger partial charge is 0.309 e. The van der Waals surface area contributed by atoms with Crippen LogP contribution in [0.1, 0.15) is 51.5 Å². The molecule has 1 aromatic carbocycles. The lowest BCUT2D eigenvalue weighted by Gasteiger charge is -2.13. The minimum atomic E-state index is -0.0440. The van der Waals surface area contributed by atoms with Crippen molar-refractivity contribution < 1.29 is 9.53 Å². The van der Waals surface area contributed by atoms with Crippen LogP contribution in [0, 0.1) is 5.92 Å². The standard InChI is InChI=1S/C16H24O2.ClH/c1-3-5-7-12-15(4-2)16(17)18-13-14-10-8-6-9-11-14;/h6,8-11,15H,3-5,7,12-13H2,1-2H3;1H. The second-order valence-electron chi connectivity index (χ2n) is 4.69. The van der Waals surface area contributed by atoms with Crippen LogP contribution >= 0.6 is 12.4 Å². The Bertz CT molecular complexity index is 338. The SMILES string of the molecule is CCCCCC(CC)C(=O)OCc1ccccc1.Cl. The van der Waals surface area contributed by atoms with Crippen LogP contribution in [0.2, 0.25) is 0 Å². The summed E-state index contributed by atoms with van der Waals surface area (Å²) in [6.07, 6.45) is 5.34. The Morgan fingerprint density at radius 3 is 2.42 bits per heavy atom. The first-order valence-electron chi connectivity index (χ1n) is 6.98. The van der Waals surface area contributed by atoms with Gasteiger partial charge in [-0.15, -0.1) is 12.4 Å². The Hall–Kier alpha value is -1.02. The zero-order chi connectivity index (χ0) is 13.2. The van der Waals surface area contributed by atoms with Gasteiger partial charge in [-0.25, -0.2) is 0 Å². The molecular weight excluding hydrogens is 260 g/mol. The van der Waals surface area contributed by atoms with Gasteiger partial charge in [0.2, 0.25) is 0 Å². The van der Waals surface area contributed by atoms with Gasteiger partial charge in [0.1, 0.15) is 6.61 Å². The molecule has 1 aromatic rings. The van der Waals surface area contributed by atoms with Crippen LogP contribution in [0.3, 0.4) is 0 Å². The van der Waals surface area contributed by atoms with E-state index in [1.807, 2.05) is 30.3 Å². The van der Waals surface area contributed by atoms with Crippen LogP contribution in [0.25, 0.3) is 0 Å². The fourth-order valence-corrected chi connectivity index (χ4v) is 1.98. The predicted octanol–water partition coefficient (Wildman–Crippen LogP) is 4.76. The topological polar surface area (TPSA) is 26.3 Å². The second-order valence-corrected chi connectivity index (χ2v) is 4.69. The lowest BCUT2D eigenvalue weighted by molar-refractivity contribution is -0.150. The van der Waals surface area contributed by atoms with Crippen molar-refractivity contribution in [2.45, 2.75) is 52.6 Å². The molecule has 0 radical (unpaired) electrons. The number of carbonyl (C=O) groups is 1. The first-order chi connectivity index (χ1) is 8.77. The fourth-order valence-electron chi connectivity index (χ4n) is 1.98. The molecule has 108 valence electrons. The molecule has 1 rings (SSSR count). The molecule has 1 unspecified atom stereocenters. The molecule has 0 aliphatic rings. The van der Waals surface area contributed by atoms with Crippen LogP contribution in [0.4, 0.5) is 0 Å². The van der Waals surface area contributed by atoms with Crippen LogP contribution < -0.4 is 0 Å². The highest BCUT2D eigenvalue weighted by Gasteiger charge is 2.17. The van der Waals surface area contributed by atoms with Crippen molar-refractivity contribution in [1.82, 2.24) is 0 Å². The number of benzene rings is 1. The van der Waals surface area contributed by atoms with Crippen molar-refractivity contribution in [3.8, 4) is 0 Å². The third kappa shape index (κ3) is 7.22. The summed E-state index contributed by atoms with van der Waals surface area (Å²) < 4.78 is 5.37. The number of rotatable bonds is 8. The fraction of sp³-hybridized carbons (Fsp3) is 0.562. The summed E-state index contributed by atoms with van der Waals surface area (Å²) in [6, 6.07) is 9.84. The molecular formula is C16H25ClO2. The third-order valence-corrected chi connectivity index (χ3v) is 3.21. The van der Waals surface area contributed by atoms with Gasteiger partial charge in [0.05, 0.1) is 5.92 Å². The Morgan fingerprint density at radius 1 is 1.16 bits per heavy atom. The Morgan fingerprint density at radius 2 is 1.84 bits per heavy atom. The molecule has 1 atom stereocenters. The molecule has 2 nitrogen and oxygen atoms in total. The number of ether oxygens (including phenoxy) is 1. The molecule has 0 fully saturated rings. The molecule has 0 heterocycles. The summed E-state index contributed by atoms with van der Waals surface area (Å²) in [7, 11) is 0. The molecule has 0 saturated heterocycles. The molecule has 0 amide bonds. The summed E-state index contributed by atoms with van der Waals surface area (Å²) >= 11 is 0. The van der Waals surface area contributed by atoms with E-state index in [0.29, 0.717) is 6.61 Å². The molecule has 0 aliphatic carbocycles. The maximum atomic E-state index is 11.9. The summed E-state index contributed by atoms with van der Waals surface area (Å²) in [5.41, 5.74) is 1.05. The monoisotopic (exact) mass is 284 g/mol. The van der Waals surface area contributed by atoms with E-state index in [1.54, 1.807) is 0 Å². The molecule has 0 aliphatic heterocycles. The normalized spacial score (nSPS) is 11.5. The number of carbonyl (C=O) groups excluding carboxylic acids is 1. The summed E-state index contributed by atoms with van der Waals surface area (Å²) in [4.78, 5) is 11.9. The zero-order valence-corrected chi connectivity index (χ0v) is 12.7. The van der Waals surface area contributed by atoms with Gasteiger partial charge in [0, 0.05) is 0 Å². The highest BCUT2D eigenvalue weighted by molar-refractivity contribution is 5.85. The molecule has 0 N–H and O–H groups in total. The number of hydrogen-bond acceptors (Lipinski definition) is 2. The van der Waals surface area contributed by atoms with Crippen LogP contribution in [-0.4, -0.2) is 5.97 Å². The largest absolute Gasteiger partial charge is 0.461 e. The summed E-state index contributed by atoms with van der Waals surface area (Å²) in [5.74, 6) is 0.0257. The lowest BCUT2D eigenvalue weighted by Crippen LogP contribution is -2.17. The van der Waals surface area contributed by atoms with Gasteiger partial charge in [0.15, 0.2) is 0 Å². The first kappa shape index (κ1) is 18.0. The molecule has 19 heavy (non-hydrogen) atoms. The second kappa shape index (κ2) is 10.9. The lowest BCUT2D eigenvalue weighted by atomic mass is 9.99. The van der Waals surface area contributed by atoms with E-state index >= 15 is 0 Å². The van der Waals surface area contributed by atoms with Gasteiger partial charge < -0.3 is 4.74 Å². The first-order valence-corrected chi connectivity index (χ1v) is 6.98. The van der Waals surface area contributed by atoms with Gasteiger partial charge >= 0.3 is 5.97 Å². The van der Waals surface area contributed by atoms with Crippen molar-refractivity contribution in [2.75, 3.05) is 0 Å². The van der Waals surface area contributed by atoms with Gasteiger partial charge in [-0.2, -0.15) is 0 Å². The van der Waals surface area contributed by atoms with Crippen LogP contribution in [0.15, 0.2) is 30.3 Å². The molecule has 0 spiro atoms. The van der Waals surface area contributed by atoms with Gasteiger partial charge in [-0.1, -0.05) is 63.4 Å². The third-order valence-electron chi connectivity index (χ3n) is 3.21. The van der Waals surface area contributed by atoms with Gasteiger partial charge in [0.25, 0.3) is 0 Å². The van der Waals surface area contributed by atoms with Crippen LogP contribution in [-0.2, 0) is 16.1 Å². The van der Waals surface area contributed by atoms with Crippen molar-refractivity contribution in [1.29, 1.82) is 0 Å². The zero-order valence-electron chi connectivity index (χ0n) is 11.9. The molecule has 0 bridgehead atoms. The van der Waals surface area contributed by atoms with E-state index in [1.165, 1.54) is 12.8 Å². The average molecular weight is 285 g/mol. The Labute approximate surface area is 123 Å². The van der Waals surface area contributed by atoms with Crippen molar-refractivity contribution in [3.05, 3.63) is 35.9 Å². The van der Waals surface area contributed by atoms with E-state index in [2.05, 4.69) is 13.8 Å². The van der Waals surface area contributed by atoms with E-state index < -0.39 is 0 Å². The van der Waals surface area contributed by atoms with E-state index in [-0.39, 0.29) is 24.3 Å². The quantitative estimate of drug-likeness (QED) is 0.508. The molecule has 0 saturated carbocycles. The maximum Gasteiger partial charge on any atom is 0.309 e. The number of unbranched alkanes of at least 4 members (excludes halogenated alkanes) is 2. The van der Waals surface area contributed by atoms with E-state index in [0.717, 1.165) is 24.8 Å². The number of hydrogen-bond donors (Lipinski definition) is 0. The van der Waals surface area contributed by atoms with E-state index in [4.69, 9.17) is 4.74 Å².